The summed E-state index contributed by atoms with van der Waals surface area (Å²) in [5.74, 6) is 0.387. The first kappa shape index (κ1) is 17.3. The number of benzene rings is 1. The van der Waals surface area contributed by atoms with Crippen molar-refractivity contribution in [3.63, 3.8) is 0 Å². The van der Waals surface area contributed by atoms with Gasteiger partial charge in [-0.05, 0) is 24.6 Å². The third kappa shape index (κ3) is 3.61. The van der Waals surface area contributed by atoms with Crippen LogP contribution in [-0.2, 0) is 6.54 Å². The van der Waals surface area contributed by atoms with Crippen molar-refractivity contribution in [2.24, 2.45) is 0 Å². The number of unbranched alkanes of at least 4 members (excludes halogenated alkanes) is 2. The van der Waals surface area contributed by atoms with E-state index in [1.54, 1.807) is 6.07 Å². The number of halogens is 2. The number of nitrogens with two attached hydrogens (primary N) is 1. The Morgan fingerprint density at radius 2 is 2.04 bits per heavy atom. The molecule has 5 nitrogen and oxygen atoms in total. The number of hydrogen-bond acceptors (Lipinski definition) is 5. The van der Waals surface area contributed by atoms with Gasteiger partial charge in [-0.15, -0.1) is 0 Å². The summed E-state index contributed by atoms with van der Waals surface area (Å²) in [6.07, 6.45) is 4.81. The summed E-state index contributed by atoms with van der Waals surface area (Å²) in [6, 6.07) is 5.43. The molecule has 0 atom stereocenters. The second kappa shape index (κ2) is 7.59. The largest absolute Gasteiger partial charge is 0.382 e. The van der Waals surface area contributed by atoms with Gasteiger partial charge < -0.3 is 10.3 Å². The zero-order valence-electron chi connectivity index (χ0n) is 13.2. The van der Waals surface area contributed by atoms with Crippen molar-refractivity contribution in [3.8, 4) is 0 Å². The summed E-state index contributed by atoms with van der Waals surface area (Å²) in [5.41, 5.74) is 7.34. The molecular formula is C16H17Cl2N5S. The number of fused-ring (bicyclic) bond motifs is 1. The van der Waals surface area contributed by atoms with E-state index in [0.29, 0.717) is 21.4 Å². The van der Waals surface area contributed by atoms with Gasteiger partial charge in [0.25, 0.3) is 0 Å². The molecule has 0 aliphatic heterocycles. The van der Waals surface area contributed by atoms with E-state index in [0.717, 1.165) is 41.5 Å². The lowest BCUT2D eigenvalue weighted by atomic mass is 10.2. The van der Waals surface area contributed by atoms with Crippen LogP contribution in [0.3, 0.4) is 0 Å². The van der Waals surface area contributed by atoms with Crippen LogP contribution in [0.1, 0.15) is 26.2 Å². The van der Waals surface area contributed by atoms with Gasteiger partial charge in [0.1, 0.15) is 6.33 Å². The molecule has 0 fully saturated rings. The summed E-state index contributed by atoms with van der Waals surface area (Å²) in [4.78, 5) is 13.9. The highest BCUT2D eigenvalue weighted by Gasteiger charge is 2.16. The smallest absolute Gasteiger partial charge is 0.175 e. The van der Waals surface area contributed by atoms with Gasteiger partial charge in [-0.1, -0.05) is 54.7 Å². The van der Waals surface area contributed by atoms with E-state index in [9.17, 15) is 0 Å². The fraction of sp³-hybridized carbons (Fsp3) is 0.312. The molecule has 2 heterocycles. The number of nitrogen functional groups attached to an aromatic ring is 1. The van der Waals surface area contributed by atoms with Crippen molar-refractivity contribution in [3.05, 3.63) is 34.6 Å². The van der Waals surface area contributed by atoms with Crippen LogP contribution in [0.15, 0.2) is 34.6 Å². The number of imidazole rings is 1. The molecule has 0 spiro atoms. The Bertz CT molecular complexity index is 865. The molecule has 2 N–H and O–H groups in total. The fourth-order valence-electron chi connectivity index (χ4n) is 2.39. The van der Waals surface area contributed by atoms with E-state index in [2.05, 4.69) is 26.4 Å². The summed E-state index contributed by atoms with van der Waals surface area (Å²) >= 11 is 13.7. The van der Waals surface area contributed by atoms with E-state index >= 15 is 0 Å². The Hall–Kier alpha value is -1.50. The highest BCUT2D eigenvalue weighted by atomic mass is 35.5. The molecule has 8 heteroatoms. The molecular weight excluding hydrogens is 365 g/mol. The van der Waals surface area contributed by atoms with E-state index in [-0.39, 0.29) is 0 Å². The lowest BCUT2D eigenvalue weighted by Crippen LogP contribution is -2.02. The molecule has 126 valence electrons. The first-order valence-electron chi connectivity index (χ1n) is 7.69. The molecule has 0 amide bonds. The van der Waals surface area contributed by atoms with Crippen LogP contribution in [0.5, 0.6) is 0 Å². The Morgan fingerprint density at radius 1 is 1.21 bits per heavy atom. The van der Waals surface area contributed by atoms with Crippen molar-refractivity contribution in [1.29, 1.82) is 0 Å². The highest BCUT2D eigenvalue weighted by Crippen LogP contribution is 2.36. The minimum Gasteiger partial charge on any atom is -0.382 e. The van der Waals surface area contributed by atoms with E-state index in [1.807, 2.05) is 12.1 Å². The molecule has 3 aromatic rings. The Labute approximate surface area is 154 Å². The summed E-state index contributed by atoms with van der Waals surface area (Å²) in [7, 11) is 0. The lowest BCUT2D eigenvalue weighted by Gasteiger charge is -2.09. The van der Waals surface area contributed by atoms with Gasteiger partial charge >= 0.3 is 0 Å². The first-order chi connectivity index (χ1) is 11.6. The number of aryl methyl sites for hydroxylation is 1. The van der Waals surface area contributed by atoms with Gasteiger partial charge in [0.05, 0.1) is 5.02 Å². The first-order valence-corrected chi connectivity index (χ1v) is 9.27. The molecule has 1 aromatic carbocycles. The average molecular weight is 382 g/mol. The molecule has 0 bridgehead atoms. The molecule has 0 aliphatic rings. The number of nitrogens with zero attached hydrogens (tertiary/aromatic N) is 4. The highest BCUT2D eigenvalue weighted by molar-refractivity contribution is 7.99. The van der Waals surface area contributed by atoms with E-state index in [1.165, 1.54) is 18.1 Å². The minimum atomic E-state index is 0.387. The second-order valence-corrected chi connectivity index (χ2v) is 7.21. The second-order valence-electron chi connectivity index (χ2n) is 5.36. The fourth-order valence-corrected chi connectivity index (χ4v) is 3.83. The van der Waals surface area contributed by atoms with Crippen LogP contribution >= 0.6 is 35.0 Å². The SMILES string of the molecule is CCCCCn1c(Sc2ccc(Cl)cc2Cl)nc2c(N)ncnc21. The Morgan fingerprint density at radius 3 is 2.79 bits per heavy atom. The van der Waals surface area contributed by atoms with Crippen LogP contribution < -0.4 is 5.73 Å². The zero-order valence-corrected chi connectivity index (χ0v) is 15.5. The third-order valence-electron chi connectivity index (χ3n) is 3.61. The molecule has 0 saturated heterocycles. The van der Waals surface area contributed by atoms with Crippen molar-refractivity contribution in [2.75, 3.05) is 5.73 Å². The quantitative estimate of drug-likeness (QED) is 0.604. The molecule has 0 radical (unpaired) electrons. The molecule has 0 unspecified atom stereocenters. The van der Waals surface area contributed by atoms with Gasteiger partial charge in [0.2, 0.25) is 0 Å². The van der Waals surface area contributed by atoms with Crippen molar-refractivity contribution in [2.45, 2.75) is 42.8 Å². The maximum Gasteiger partial charge on any atom is 0.175 e. The monoisotopic (exact) mass is 381 g/mol. The van der Waals surface area contributed by atoms with Crippen LogP contribution in [0.4, 0.5) is 5.82 Å². The van der Waals surface area contributed by atoms with Crippen LogP contribution in [-0.4, -0.2) is 19.5 Å². The maximum absolute atomic E-state index is 6.29. The molecule has 0 saturated carbocycles. The average Bonchev–Trinajstić information content (AvgIpc) is 2.90. The van der Waals surface area contributed by atoms with E-state index in [4.69, 9.17) is 28.9 Å². The third-order valence-corrected chi connectivity index (χ3v) is 5.34. The Balaban J connectivity index is 2.01. The Kier molecular flexibility index (Phi) is 5.48. The molecule has 2 aromatic heterocycles. The summed E-state index contributed by atoms with van der Waals surface area (Å²) < 4.78 is 2.08. The summed E-state index contributed by atoms with van der Waals surface area (Å²) in [5, 5.41) is 2.01. The number of anilines is 1. The predicted octanol–water partition coefficient (Wildman–Crippen LogP) is 5.06. The predicted molar refractivity (Wildman–Crippen MR) is 99.8 cm³/mol. The number of aromatic nitrogens is 4. The van der Waals surface area contributed by atoms with Gasteiger partial charge in [0.15, 0.2) is 22.1 Å². The standard InChI is InChI=1S/C16H17Cl2N5S/c1-2-3-4-7-23-15-13(14(19)20-9-21-15)22-16(23)24-12-6-5-10(17)8-11(12)18/h5-6,8-9H,2-4,7H2,1H3,(H2,19,20,21). The summed E-state index contributed by atoms with van der Waals surface area (Å²) in [6.45, 7) is 3.00. The van der Waals surface area contributed by atoms with Gasteiger partial charge in [-0.25, -0.2) is 15.0 Å². The molecule has 24 heavy (non-hydrogen) atoms. The molecule has 3 rings (SSSR count). The van der Waals surface area contributed by atoms with Crippen molar-refractivity contribution >= 4 is 51.9 Å². The number of hydrogen-bond donors (Lipinski definition) is 1. The zero-order chi connectivity index (χ0) is 17.1. The van der Waals surface area contributed by atoms with Crippen LogP contribution in [0.25, 0.3) is 11.2 Å². The normalized spacial score (nSPS) is 11.3. The lowest BCUT2D eigenvalue weighted by molar-refractivity contribution is 0.575. The minimum absolute atomic E-state index is 0.387. The van der Waals surface area contributed by atoms with Gasteiger partial charge in [-0.3, -0.25) is 0 Å². The van der Waals surface area contributed by atoms with Gasteiger partial charge in [0, 0.05) is 16.5 Å². The molecule has 0 aliphatic carbocycles. The topological polar surface area (TPSA) is 69.6 Å². The van der Waals surface area contributed by atoms with Crippen LogP contribution in [0, 0.1) is 0 Å². The van der Waals surface area contributed by atoms with Crippen molar-refractivity contribution < 1.29 is 0 Å². The van der Waals surface area contributed by atoms with Gasteiger partial charge in [-0.2, -0.15) is 0 Å². The van der Waals surface area contributed by atoms with Crippen LogP contribution in [0.2, 0.25) is 10.0 Å². The van der Waals surface area contributed by atoms with E-state index < -0.39 is 0 Å². The maximum atomic E-state index is 6.29. The number of rotatable bonds is 6. The van der Waals surface area contributed by atoms with Crippen molar-refractivity contribution in [1.82, 2.24) is 19.5 Å².